The molecule has 0 radical (unpaired) electrons. The van der Waals surface area contributed by atoms with E-state index in [1.54, 1.807) is 10.5 Å². The fourth-order valence-electron chi connectivity index (χ4n) is 3.10. The van der Waals surface area contributed by atoms with Crippen LogP contribution in [-0.2, 0) is 0 Å². The van der Waals surface area contributed by atoms with Crippen molar-refractivity contribution in [3.8, 4) is 11.5 Å². The Kier molecular flexibility index (Phi) is 5.48. The van der Waals surface area contributed by atoms with Crippen LogP contribution >= 0.6 is 22.9 Å². The van der Waals surface area contributed by atoms with Gasteiger partial charge in [0.15, 0.2) is 16.5 Å². The van der Waals surface area contributed by atoms with E-state index in [2.05, 4.69) is 4.98 Å². The second-order valence-corrected chi connectivity index (χ2v) is 8.15. The maximum Gasteiger partial charge on any atom is 0.274 e. The zero-order chi connectivity index (χ0) is 20.5. The van der Waals surface area contributed by atoms with Gasteiger partial charge in [-0.1, -0.05) is 42.0 Å². The van der Waals surface area contributed by atoms with E-state index in [1.165, 1.54) is 11.3 Å². The van der Waals surface area contributed by atoms with E-state index >= 15 is 0 Å². The average molecular weight is 429 g/mol. The number of nitrogens with zero attached hydrogens (tertiary/aromatic N) is 2. The molecule has 2 heterocycles. The van der Waals surface area contributed by atoms with Gasteiger partial charge in [0.25, 0.3) is 5.56 Å². The minimum atomic E-state index is -0.0901. The van der Waals surface area contributed by atoms with E-state index < -0.39 is 0 Å². The van der Waals surface area contributed by atoms with Crippen LogP contribution in [-0.4, -0.2) is 22.1 Å². The highest BCUT2D eigenvalue weighted by molar-refractivity contribution is 7.15. The molecule has 0 aliphatic carbocycles. The highest BCUT2D eigenvalue weighted by Gasteiger charge is 2.15. The first-order valence-electron chi connectivity index (χ1n) is 9.56. The van der Waals surface area contributed by atoms with Crippen LogP contribution in [0.1, 0.15) is 32.8 Å². The molecule has 29 heavy (non-hydrogen) atoms. The van der Waals surface area contributed by atoms with Gasteiger partial charge >= 0.3 is 0 Å². The summed E-state index contributed by atoms with van der Waals surface area (Å²) in [6, 6.07) is 11.3. The second-order valence-electron chi connectivity index (χ2n) is 6.73. The van der Waals surface area contributed by atoms with Crippen molar-refractivity contribution in [2.45, 2.75) is 33.3 Å². The summed E-state index contributed by atoms with van der Waals surface area (Å²) in [5, 5.41) is 0.460. The number of rotatable bonds is 6. The lowest BCUT2D eigenvalue weighted by molar-refractivity contribution is 0.203. The van der Waals surface area contributed by atoms with Crippen molar-refractivity contribution in [2.24, 2.45) is 0 Å². The van der Waals surface area contributed by atoms with Gasteiger partial charge in [0.05, 0.1) is 33.3 Å². The number of hydrogen-bond acceptors (Lipinski definition) is 5. The normalized spacial score (nSPS) is 13.3. The molecule has 4 aromatic rings. The summed E-state index contributed by atoms with van der Waals surface area (Å²) in [7, 11) is 0. The Hall–Kier alpha value is -2.57. The zero-order valence-corrected chi connectivity index (χ0v) is 18.0. The Morgan fingerprint density at radius 2 is 2.07 bits per heavy atom. The first-order valence-corrected chi connectivity index (χ1v) is 10.8. The number of hydrogen-bond donors (Lipinski definition) is 0. The summed E-state index contributed by atoms with van der Waals surface area (Å²) >= 11 is 7.85. The van der Waals surface area contributed by atoms with Crippen LogP contribution in [0.15, 0.2) is 41.2 Å². The highest BCUT2D eigenvalue weighted by Crippen LogP contribution is 2.37. The van der Waals surface area contributed by atoms with Crippen molar-refractivity contribution in [1.29, 1.82) is 0 Å². The first kappa shape index (κ1) is 19.7. The van der Waals surface area contributed by atoms with Gasteiger partial charge in [-0.25, -0.2) is 9.38 Å². The molecule has 0 spiro atoms. The van der Waals surface area contributed by atoms with Gasteiger partial charge in [-0.2, -0.15) is 0 Å². The number of thiazole rings is 1. The number of fused-ring (bicyclic) bond motifs is 3. The lowest BCUT2D eigenvalue weighted by Gasteiger charge is -2.18. The van der Waals surface area contributed by atoms with Gasteiger partial charge in [0.1, 0.15) is 0 Å². The first-order chi connectivity index (χ1) is 14.0. The lowest BCUT2D eigenvalue weighted by Crippen LogP contribution is -2.22. The molecule has 0 aliphatic heterocycles. The number of ether oxygens (including phenoxy) is 2. The van der Waals surface area contributed by atoms with Gasteiger partial charge < -0.3 is 9.47 Å². The molecule has 1 atom stereocenters. The molecule has 0 aliphatic rings. The van der Waals surface area contributed by atoms with E-state index in [0.29, 0.717) is 32.6 Å². The third kappa shape index (κ3) is 3.70. The lowest BCUT2D eigenvalue weighted by atomic mass is 10.2. The Balaban J connectivity index is 1.83. The fraction of sp³-hybridized carbons (Fsp3) is 0.273. The second kappa shape index (κ2) is 8.05. The van der Waals surface area contributed by atoms with Crippen LogP contribution in [0.4, 0.5) is 0 Å². The molecule has 7 heteroatoms. The van der Waals surface area contributed by atoms with Gasteiger partial charge in [-0.3, -0.25) is 4.79 Å². The molecule has 0 N–H and O–H groups in total. The van der Waals surface area contributed by atoms with E-state index in [1.807, 2.05) is 57.2 Å². The van der Waals surface area contributed by atoms with Crippen LogP contribution in [0.25, 0.3) is 22.1 Å². The standard InChI is InChI=1S/C22H21ClN2O3S/c1-4-13(3)28-20-15(23)10-14(11-18(20)27-5-2)12-19-21(26)25-17-9-7-6-8-16(17)24-22(25)29-19/h6-13H,4-5H2,1-3H3/b19-12-/t13-/m0/s1. The molecule has 0 bridgehead atoms. The number of halogens is 1. The largest absolute Gasteiger partial charge is 0.490 e. The van der Waals surface area contributed by atoms with Crippen molar-refractivity contribution >= 4 is 45.0 Å². The summed E-state index contributed by atoms with van der Waals surface area (Å²) < 4.78 is 13.9. The third-order valence-corrected chi connectivity index (χ3v) is 5.92. The average Bonchev–Trinajstić information content (AvgIpc) is 3.21. The topological polar surface area (TPSA) is 52.8 Å². The number of imidazole rings is 1. The smallest absolute Gasteiger partial charge is 0.274 e. The number of para-hydroxylation sites is 2. The van der Waals surface area contributed by atoms with Gasteiger partial charge in [0, 0.05) is 0 Å². The Morgan fingerprint density at radius 3 is 2.83 bits per heavy atom. The van der Waals surface area contributed by atoms with Gasteiger partial charge in [-0.05, 0) is 56.2 Å². The molecule has 0 amide bonds. The molecule has 2 aromatic carbocycles. The van der Waals surface area contributed by atoms with Crippen molar-refractivity contribution < 1.29 is 9.47 Å². The maximum absolute atomic E-state index is 13.0. The summed E-state index contributed by atoms with van der Waals surface area (Å²) in [4.78, 5) is 18.2. The van der Waals surface area contributed by atoms with Crippen molar-refractivity contribution in [1.82, 2.24) is 9.38 Å². The Bertz CT molecular complexity index is 1300. The SMILES string of the molecule is CCOc1cc(/C=c2\sc3nc4ccccc4n3c2=O)cc(Cl)c1O[C@@H](C)CC. The number of benzene rings is 2. The maximum atomic E-state index is 13.0. The van der Waals surface area contributed by atoms with E-state index in [9.17, 15) is 4.79 Å². The predicted octanol–water partition coefficient (Wildman–Crippen LogP) is 4.69. The van der Waals surface area contributed by atoms with E-state index in [0.717, 1.165) is 23.0 Å². The molecule has 0 saturated heterocycles. The van der Waals surface area contributed by atoms with Crippen LogP contribution in [0.5, 0.6) is 11.5 Å². The molecule has 4 rings (SSSR count). The quantitative estimate of drug-likeness (QED) is 0.447. The molecule has 150 valence electrons. The number of aromatic nitrogens is 2. The Labute approximate surface area is 177 Å². The molecular formula is C22H21ClN2O3S. The van der Waals surface area contributed by atoms with Crippen molar-refractivity contribution in [2.75, 3.05) is 6.61 Å². The third-order valence-electron chi connectivity index (χ3n) is 4.67. The van der Waals surface area contributed by atoms with Crippen LogP contribution < -0.4 is 19.6 Å². The summed E-state index contributed by atoms with van der Waals surface area (Å²) in [6.45, 7) is 6.43. The monoisotopic (exact) mass is 428 g/mol. The van der Waals surface area contributed by atoms with Gasteiger partial charge in [0.2, 0.25) is 0 Å². The summed E-state index contributed by atoms with van der Waals surface area (Å²) in [5.74, 6) is 1.11. The zero-order valence-electron chi connectivity index (χ0n) is 16.4. The molecule has 5 nitrogen and oxygen atoms in total. The fourth-order valence-corrected chi connectivity index (χ4v) is 4.35. The summed E-state index contributed by atoms with van der Waals surface area (Å²) in [5.41, 5.74) is 2.32. The van der Waals surface area contributed by atoms with E-state index in [-0.39, 0.29) is 11.7 Å². The molecular weight excluding hydrogens is 408 g/mol. The minimum Gasteiger partial charge on any atom is -0.490 e. The van der Waals surface area contributed by atoms with Crippen LogP contribution in [0, 0.1) is 0 Å². The minimum absolute atomic E-state index is 0.0214. The molecule has 0 saturated carbocycles. The molecule has 2 aromatic heterocycles. The molecule has 0 unspecified atom stereocenters. The van der Waals surface area contributed by atoms with Crippen LogP contribution in [0.3, 0.4) is 0 Å². The molecule has 0 fully saturated rings. The van der Waals surface area contributed by atoms with Crippen molar-refractivity contribution in [3.05, 3.63) is 61.9 Å². The predicted molar refractivity (Wildman–Crippen MR) is 119 cm³/mol. The Morgan fingerprint density at radius 1 is 1.28 bits per heavy atom. The van der Waals surface area contributed by atoms with E-state index in [4.69, 9.17) is 21.1 Å². The van der Waals surface area contributed by atoms with Gasteiger partial charge in [-0.15, -0.1) is 0 Å². The van der Waals surface area contributed by atoms with Crippen LogP contribution in [0.2, 0.25) is 5.02 Å². The highest BCUT2D eigenvalue weighted by atomic mass is 35.5. The van der Waals surface area contributed by atoms with Crippen molar-refractivity contribution in [3.63, 3.8) is 0 Å². The summed E-state index contributed by atoms with van der Waals surface area (Å²) in [6.07, 6.45) is 2.70.